The SMILES string of the molecule is CN(CC(=O)Nc1ccc(S(=O)(=O)N2CCCCCC2)cc1)Cc1cccs1. The van der Waals surface area contributed by atoms with E-state index in [1.807, 2.05) is 29.5 Å². The van der Waals surface area contributed by atoms with Crippen molar-refractivity contribution in [2.24, 2.45) is 0 Å². The van der Waals surface area contributed by atoms with Gasteiger partial charge in [-0.05, 0) is 55.6 Å². The van der Waals surface area contributed by atoms with Crippen LogP contribution in [0.15, 0.2) is 46.7 Å². The highest BCUT2D eigenvalue weighted by molar-refractivity contribution is 7.89. The molecule has 1 aromatic carbocycles. The minimum absolute atomic E-state index is 0.123. The van der Waals surface area contributed by atoms with Crippen LogP contribution in [0, 0.1) is 0 Å². The Hall–Kier alpha value is -1.74. The Balaban J connectivity index is 1.56. The van der Waals surface area contributed by atoms with Crippen LogP contribution in [0.5, 0.6) is 0 Å². The van der Waals surface area contributed by atoms with Crippen LogP contribution >= 0.6 is 11.3 Å². The molecule has 0 unspecified atom stereocenters. The Labute approximate surface area is 171 Å². The van der Waals surface area contributed by atoms with E-state index < -0.39 is 10.0 Å². The number of hydrogen-bond donors (Lipinski definition) is 1. The topological polar surface area (TPSA) is 69.7 Å². The number of anilines is 1. The highest BCUT2D eigenvalue weighted by atomic mass is 32.2. The fraction of sp³-hybridized carbons (Fsp3) is 0.450. The van der Waals surface area contributed by atoms with E-state index in [0.717, 1.165) is 32.2 Å². The molecule has 152 valence electrons. The zero-order valence-corrected chi connectivity index (χ0v) is 17.8. The second-order valence-corrected chi connectivity index (χ2v) is 10.1. The van der Waals surface area contributed by atoms with E-state index in [4.69, 9.17) is 0 Å². The van der Waals surface area contributed by atoms with Gasteiger partial charge in [-0.2, -0.15) is 4.31 Å². The van der Waals surface area contributed by atoms with Gasteiger partial charge < -0.3 is 5.32 Å². The third kappa shape index (κ3) is 5.64. The van der Waals surface area contributed by atoms with Gasteiger partial charge >= 0.3 is 0 Å². The van der Waals surface area contributed by atoms with Crippen molar-refractivity contribution in [1.82, 2.24) is 9.21 Å². The lowest BCUT2D eigenvalue weighted by atomic mass is 10.2. The minimum atomic E-state index is -3.47. The molecule has 6 nitrogen and oxygen atoms in total. The first-order valence-electron chi connectivity index (χ1n) is 9.56. The lowest BCUT2D eigenvalue weighted by molar-refractivity contribution is -0.117. The average Bonchev–Trinajstić information content (AvgIpc) is 3.00. The maximum Gasteiger partial charge on any atom is 0.243 e. The monoisotopic (exact) mass is 421 g/mol. The summed E-state index contributed by atoms with van der Waals surface area (Å²) >= 11 is 1.66. The van der Waals surface area contributed by atoms with Crippen LogP contribution in [-0.4, -0.2) is 50.2 Å². The molecule has 2 aromatic rings. The van der Waals surface area contributed by atoms with E-state index in [-0.39, 0.29) is 17.3 Å². The Morgan fingerprint density at radius 3 is 2.39 bits per heavy atom. The summed E-state index contributed by atoms with van der Waals surface area (Å²) in [6.07, 6.45) is 3.98. The standard InChI is InChI=1S/C20H27N3O3S2/c1-22(15-18-7-6-14-27-18)16-20(24)21-17-8-10-19(11-9-17)28(25,26)23-12-4-2-3-5-13-23/h6-11,14H,2-5,12-13,15-16H2,1H3,(H,21,24). The zero-order chi connectivity index (χ0) is 20.0. The minimum Gasteiger partial charge on any atom is -0.325 e. The molecule has 8 heteroatoms. The van der Waals surface area contributed by atoms with Gasteiger partial charge in [-0.25, -0.2) is 8.42 Å². The summed E-state index contributed by atoms with van der Waals surface area (Å²) in [4.78, 5) is 15.7. The average molecular weight is 422 g/mol. The third-order valence-corrected chi connectivity index (χ3v) is 7.53. The molecule has 1 amide bonds. The first-order chi connectivity index (χ1) is 13.4. The molecular formula is C20H27N3O3S2. The molecule has 0 bridgehead atoms. The summed E-state index contributed by atoms with van der Waals surface area (Å²) in [5.41, 5.74) is 0.601. The lowest BCUT2D eigenvalue weighted by Crippen LogP contribution is -2.32. The van der Waals surface area contributed by atoms with Crippen molar-refractivity contribution < 1.29 is 13.2 Å². The number of sulfonamides is 1. The molecule has 1 aromatic heterocycles. The van der Waals surface area contributed by atoms with E-state index >= 15 is 0 Å². The number of hydrogen-bond acceptors (Lipinski definition) is 5. The molecule has 0 saturated carbocycles. The van der Waals surface area contributed by atoms with Crippen LogP contribution in [-0.2, 0) is 21.4 Å². The number of thiophene rings is 1. The predicted octanol–water partition coefficient (Wildman–Crippen LogP) is 3.38. The molecule has 0 spiro atoms. The maximum absolute atomic E-state index is 12.8. The second-order valence-electron chi connectivity index (χ2n) is 7.14. The van der Waals surface area contributed by atoms with Crippen molar-refractivity contribution in [3.05, 3.63) is 46.7 Å². The summed E-state index contributed by atoms with van der Waals surface area (Å²) in [5.74, 6) is -0.123. The molecular weight excluding hydrogens is 394 g/mol. The van der Waals surface area contributed by atoms with Crippen LogP contribution in [0.1, 0.15) is 30.6 Å². The van der Waals surface area contributed by atoms with E-state index in [0.29, 0.717) is 18.8 Å². The Morgan fingerprint density at radius 1 is 1.11 bits per heavy atom. The summed E-state index contributed by atoms with van der Waals surface area (Å²) < 4.78 is 27.2. The number of nitrogens with zero attached hydrogens (tertiary/aromatic N) is 2. The number of carbonyl (C=O) groups is 1. The van der Waals surface area contributed by atoms with Crippen molar-refractivity contribution in [2.75, 3.05) is 32.0 Å². The second kappa shape index (κ2) is 9.65. The third-order valence-electron chi connectivity index (χ3n) is 4.76. The van der Waals surface area contributed by atoms with E-state index in [2.05, 4.69) is 5.32 Å². The van der Waals surface area contributed by atoms with Crippen molar-refractivity contribution in [3.8, 4) is 0 Å². The van der Waals surface area contributed by atoms with E-state index in [1.54, 1.807) is 39.9 Å². The van der Waals surface area contributed by atoms with E-state index in [1.165, 1.54) is 4.88 Å². The fourth-order valence-corrected chi connectivity index (χ4v) is 5.61. The molecule has 2 heterocycles. The molecule has 0 atom stereocenters. The number of carbonyl (C=O) groups excluding carboxylic acids is 1. The van der Waals surface area contributed by atoms with Crippen molar-refractivity contribution in [1.29, 1.82) is 0 Å². The normalized spacial score (nSPS) is 16.1. The first kappa shape index (κ1) is 21.0. The predicted molar refractivity (Wildman–Crippen MR) is 113 cm³/mol. The van der Waals surface area contributed by atoms with Crippen molar-refractivity contribution in [3.63, 3.8) is 0 Å². The lowest BCUT2D eigenvalue weighted by Gasteiger charge is -2.20. The van der Waals surface area contributed by atoms with Gasteiger partial charge in [-0.1, -0.05) is 18.9 Å². The zero-order valence-electron chi connectivity index (χ0n) is 16.1. The number of likely N-dealkylation sites (N-methyl/N-ethyl adjacent to an activating group) is 1. The van der Waals surface area contributed by atoms with Gasteiger partial charge in [0.25, 0.3) is 0 Å². The van der Waals surface area contributed by atoms with Crippen LogP contribution < -0.4 is 5.32 Å². The van der Waals surface area contributed by atoms with Gasteiger partial charge in [0.05, 0.1) is 11.4 Å². The van der Waals surface area contributed by atoms with Crippen LogP contribution in [0.25, 0.3) is 0 Å². The molecule has 1 fully saturated rings. The summed E-state index contributed by atoms with van der Waals surface area (Å²) in [6.45, 7) is 2.15. The van der Waals surface area contributed by atoms with Gasteiger partial charge in [0.15, 0.2) is 0 Å². The molecule has 1 aliphatic heterocycles. The molecule has 1 saturated heterocycles. The fourth-order valence-electron chi connectivity index (χ4n) is 3.31. The number of nitrogens with one attached hydrogen (secondary N) is 1. The number of amides is 1. The Kier molecular flexibility index (Phi) is 7.23. The molecule has 3 rings (SSSR count). The van der Waals surface area contributed by atoms with Gasteiger partial charge in [0, 0.05) is 30.2 Å². The van der Waals surface area contributed by atoms with Gasteiger partial charge in [0.2, 0.25) is 15.9 Å². The van der Waals surface area contributed by atoms with Gasteiger partial charge in [-0.3, -0.25) is 9.69 Å². The molecule has 0 radical (unpaired) electrons. The quantitative estimate of drug-likeness (QED) is 0.744. The summed E-state index contributed by atoms with van der Waals surface area (Å²) in [5, 5.41) is 4.85. The molecule has 1 N–H and O–H groups in total. The smallest absolute Gasteiger partial charge is 0.243 e. The van der Waals surface area contributed by atoms with Crippen molar-refractivity contribution >= 4 is 33.0 Å². The molecule has 1 aliphatic rings. The Morgan fingerprint density at radius 2 is 1.79 bits per heavy atom. The highest BCUT2D eigenvalue weighted by Gasteiger charge is 2.25. The van der Waals surface area contributed by atoms with Crippen LogP contribution in [0.2, 0.25) is 0 Å². The number of benzene rings is 1. The Bertz CT molecular complexity index is 857. The van der Waals surface area contributed by atoms with Crippen LogP contribution in [0.3, 0.4) is 0 Å². The first-order valence-corrected chi connectivity index (χ1v) is 11.9. The summed E-state index contributed by atoms with van der Waals surface area (Å²) in [7, 11) is -1.57. The van der Waals surface area contributed by atoms with Crippen molar-refractivity contribution in [2.45, 2.75) is 37.1 Å². The van der Waals surface area contributed by atoms with Crippen LogP contribution in [0.4, 0.5) is 5.69 Å². The number of rotatable bonds is 7. The molecule has 28 heavy (non-hydrogen) atoms. The summed E-state index contributed by atoms with van der Waals surface area (Å²) in [6, 6.07) is 10.5. The highest BCUT2D eigenvalue weighted by Crippen LogP contribution is 2.22. The van der Waals surface area contributed by atoms with E-state index in [9.17, 15) is 13.2 Å². The molecule has 0 aliphatic carbocycles. The van der Waals surface area contributed by atoms with Gasteiger partial charge in [-0.15, -0.1) is 11.3 Å². The van der Waals surface area contributed by atoms with Gasteiger partial charge in [0.1, 0.15) is 0 Å². The largest absolute Gasteiger partial charge is 0.325 e. The maximum atomic E-state index is 12.8.